The van der Waals surface area contributed by atoms with Crippen molar-refractivity contribution in [2.24, 2.45) is 5.73 Å². The number of rotatable bonds is 6. The highest BCUT2D eigenvalue weighted by molar-refractivity contribution is 6.00. The monoisotopic (exact) mass is 379 g/mol. The van der Waals surface area contributed by atoms with Gasteiger partial charge in [0.15, 0.2) is 0 Å². The van der Waals surface area contributed by atoms with Crippen LogP contribution in [0.5, 0.6) is 0 Å². The van der Waals surface area contributed by atoms with Crippen molar-refractivity contribution in [1.29, 1.82) is 0 Å². The molecule has 7 heteroatoms. The molecular weight excluding hydrogens is 354 g/mol. The summed E-state index contributed by atoms with van der Waals surface area (Å²) in [5.74, 6) is 0.545. The largest absolute Gasteiger partial charge is 0.378 e. The van der Waals surface area contributed by atoms with E-state index in [0.717, 1.165) is 24.8 Å². The summed E-state index contributed by atoms with van der Waals surface area (Å²) in [6.45, 7) is 4.50. The molecule has 142 valence electrons. The van der Waals surface area contributed by atoms with E-state index in [1.807, 2.05) is 35.2 Å². The minimum Gasteiger partial charge on any atom is -0.378 e. The third-order valence-electron chi connectivity index (χ3n) is 4.56. The Hall–Kier alpha value is -1.89. The zero-order chi connectivity index (χ0) is 17.6. The van der Waals surface area contributed by atoms with Crippen LogP contribution in [-0.2, 0) is 4.74 Å². The topological polar surface area (TPSA) is 81.6 Å². The smallest absolute Gasteiger partial charge is 0.259 e. The molecule has 0 atom stereocenters. The molecule has 6 nitrogen and oxygen atoms in total. The molecule has 1 aliphatic rings. The van der Waals surface area contributed by atoms with Crippen molar-refractivity contribution in [2.45, 2.75) is 32.3 Å². The predicted octanol–water partition coefficient (Wildman–Crippen LogP) is 3.04. The molecule has 0 radical (unpaired) electrons. The van der Waals surface area contributed by atoms with E-state index in [0.29, 0.717) is 43.3 Å². The van der Waals surface area contributed by atoms with Crippen LogP contribution in [0.4, 0.5) is 0 Å². The molecule has 1 aromatic heterocycles. The van der Waals surface area contributed by atoms with E-state index in [2.05, 4.69) is 5.16 Å². The number of nitrogens with two attached hydrogens (primary N) is 1. The van der Waals surface area contributed by atoms with Crippen LogP contribution in [0.1, 0.15) is 35.4 Å². The Kier molecular flexibility index (Phi) is 7.63. The quantitative estimate of drug-likeness (QED) is 0.780. The molecule has 1 aliphatic heterocycles. The van der Waals surface area contributed by atoms with Gasteiger partial charge in [-0.05, 0) is 32.7 Å². The highest BCUT2D eigenvalue weighted by Crippen LogP contribution is 2.27. The standard InChI is InChI=1S/C19H25N3O3.ClH/c1-14-17(18(21-25-14)15-6-3-2-4-7-15)19(23)22-11-8-16(9-12-22)24-13-5-10-20;/h2-4,6-7,16H,5,8-13,20H2,1H3;1H. The molecule has 0 aliphatic carbocycles. The third-order valence-corrected chi connectivity index (χ3v) is 4.56. The van der Waals surface area contributed by atoms with Crippen molar-refractivity contribution in [3.63, 3.8) is 0 Å². The summed E-state index contributed by atoms with van der Waals surface area (Å²) in [6.07, 6.45) is 2.79. The number of aryl methyl sites for hydroxylation is 1. The number of hydrogen-bond donors (Lipinski definition) is 1. The van der Waals surface area contributed by atoms with Gasteiger partial charge in [0.25, 0.3) is 5.91 Å². The number of halogens is 1. The normalized spacial score (nSPS) is 14.9. The maximum atomic E-state index is 13.0. The lowest BCUT2D eigenvalue weighted by Crippen LogP contribution is -2.41. The highest BCUT2D eigenvalue weighted by Gasteiger charge is 2.29. The van der Waals surface area contributed by atoms with Gasteiger partial charge in [0.1, 0.15) is 17.0 Å². The fourth-order valence-corrected chi connectivity index (χ4v) is 3.13. The van der Waals surface area contributed by atoms with Gasteiger partial charge in [-0.25, -0.2) is 0 Å². The molecule has 1 aromatic carbocycles. The second kappa shape index (κ2) is 9.71. The molecule has 2 aromatic rings. The summed E-state index contributed by atoms with van der Waals surface area (Å²) in [5.41, 5.74) is 7.56. The van der Waals surface area contributed by atoms with Crippen LogP contribution in [0.2, 0.25) is 0 Å². The van der Waals surface area contributed by atoms with Gasteiger partial charge in [0.2, 0.25) is 0 Å². The lowest BCUT2D eigenvalue weighted by Gasteiger charge is -2.32. The van der Waals surface area contributed by atoms with Crippen molar-refractivity contribution in [3.05, 3.63) is 41.7 Å². The Morgan fingerprint density at radius 1 is 1.31 bits per heavy atom. The second-order valence-electron chi connectivity index (χ2n) is 6.33. The van der Waals surface area contributed by atoms with Gasteiger partial charge in [-0.15, -0.1) is 12.4 Å². The Morgan fingerprint density at radius 2 is 2.00 bits per heavy atom. The van der Waals surface area contributed by atoms with Crippen LogP contribution in [0.15, 0.2) is 34.9 Å². The second-order valence-corrected chi connectivity index (χ2v) is 6.33. The number of likely N-dealkylation sites (tertiary alicyclic amines) is 1. The van der Waals surface area contributed by atoms with Crippen LogP contribution < -0.4 is 5.73 Å². The molecule has 26 heavy (non-hydrogen) atoms. The first kappa shape index (κ1) is 20.4. The van der Waals surface area contributed by atoms with E-state index >= 15 is 0 Å². The number of piperidine rings is 1. The molecule has 2 heterocycles. The summed E-state index contributed by atoms with van der Waals surface area (Å²) in [7, 11) is 0. The Labute approximate surface area is 160 Å². The van der Waals surface area contributed by atoms with Crippen molar-refractivity contribution >= 4 is 18.3 Å². The van der Waals surface area contributed by atoms with Gasteiger partial charge in [-0.2, -0.15) is 0 Å². The summed E-state index contributed by atoms with van der Waals surface area (Å²) in [6, 6.07) is 9.67. The average molecular weight is 380 g/mol. The summed E-state index contributed by atoms with van der Waals surface area (Å²) < 4.78 is 11.1. The van der Waals surface area contributed by atoms with Crippen molar-refractivity contribution in [3.8, 4) is 11.3 Å². The first-order valence-corrected chi connectivity index (χ1v) is 8.83. The molecular formula is C19H26ClN3O3. The summed E-state index contributed by atoms with van der Waals surface area (Å²) >= 11 is 0. The fraction of sp³-hybridized carbons (Fsp3) is 0.474. The Morgan fingerprint density at radius 3 is 2.65 bits per heavy atom. The molecule has 0 bridgehead atoms. The Balaban J connectivity index is 0.00000243. The molecule has 1 fully saturated rings. The number of aromatic nitrogens is 1. The van der Waals surface area contributed by atoms with E-state index in [9.17, 15) is 4.79 Å². The SMILES string of the molecule is Cc1onc(-c2ccccc2)c1C(=O)N1CCC(OCCCN)CC1.Cl. The molecule has 2 N–H and O–H groups in total. The van der Waals surface area contributed by atoms with Crippen LogP contribution in [0.3, 0.4) is 0 Å². The number of amides is 1. The first-order valence-electron chi connectivity index (χ1n) is 8.83. The molecule has 0 unspecified atom stereocenters. The number of benzene rings is 1. The van der Waals surface area contributed by atoms with Gasteiger partial charge >= 0.3 is 0 Å². The average Bonchev–Trinajstić information content (AvgIpc) is 3.04. The summed E-state index contributed by atoms with van der Waals surface area (Å²) in [4.78, 5) is 14.9. The Bertz CT molecular complexity index is 697. The van der Waals surface area contributed by atoms with Crippen molar-refractivity contribution in [1.82, 2.24) is 10.1 Å². The minimum absolute atomic E-state index is 0. The summed E-state index contributed by atoms with van der Waals surface area (Å²) in [5, 5.41) is 4.11. The van der Waals surface area contributed by atoms with Crippen LogP contribution >= 0.6 is 12.4 Å². The molecule has 0 saturated carbocycles. The highest BCUT2D eigenvalue weighted by atomic mass is 35.5. The van der Waals surface area contributed by atoms with Gasteiger partial charge in [0, 0.05) is 25.3 Å². The van der Waals surface area contributed by atoms with E-state index in [4.69, 9.17) is 15.0 Å². The van der Waals surface area contributed by atoms with E-state index < -0.39 is 0 Å². The van der Waals surface area contributed by atoms with E-state index in [1.165, 1.54) is 0 Å². The maximum absolute atomic E-state index is 13.0. The van der Waals surface area contributed by atoms with Gasteiger partial charge in [0.05, 0.1) is 6.10 Å². The lowest BCUT2D eigenvalue weighted by molar-refractivity contribution is 0.00843. The van der Waals surface area contributed by atoms with E-state index in [1.54, 1.807) is 6.92 Å². The zero-order valence-corrected chi connectivity index (χ0v) is 15.8. The zero-order valence-electron chi connectivity index (χ0n) is 15.0. The number of carbonyl (C=O) groups is 1. The molecule has 1 saturated heterocycles. The fourth-order valence-electron chi connectivity index (χ4n) is 3.13. The van der Waals surface area contributed by atoms with Crippen LogP contribution in [-0.4, -0.2) is 48.3 Å². The number of ether oxygens (including phenoxy) is 1. The maximum Gasteiger partial charge on any atom is 0.259 e. The number of hydrogen-bond acceptors (Lipinski definition) is 5. The first-order chi connectivity index (χ1) is 12.2. The van der Waals surface area contributed by atoms with Gasteiger partial charge in [-0.3, -0.25) is 4.79 Å². The lowest BCUT2D eigenvalue weighted by atomic mass is 10.0. The predicted molar refractivity (Wildman–Crippen MR) is 102 cm³/mol. The van der Waals surface area contributed by atoms with Crippen LogP contribution in [0.25, 0.3) is 11.3 Å². The van der Waals surface area contributed by atoms with Crippen molar-refractivity contribution in [2.75, 3.05) is 26.2 Å². The van der Waals surface area contributed by atoms with E-state index in [-0.39, 0.29) is 24.4 Å². The minimum atomic E-state index is -0.0157. The molecule has 3 rings (SSSR count). The molecule has 0 spiro atoms. The number of nitrogens with zero attached hydrogens (tertiary/aromatic N) is 2. The van der Waals surface area contributed by atoms with Crippen molar-refractivity contribution < 1.29 is 14.1 Å². The van der Waals surface area contributed by atoms with Gasteiger partial charge < -0.3 is 19.9 Å². The molecule has 1 amide bonds. The van der Waals surface area contributed by atoms with Crippen LogP contribution in [0, 0.1) is 6.92 Å². The van der Waals surface area contributed by atoms with Gasteiger partial charge in [-0.1, -0.05) is 35.5 Å². The third kappa shape index (κ3) is 4.63. The number of carbonyl (C=O) groups excluding carboxylic acids is 1.